The first kappa shape index (κ1) is 17.0. The van der Waals surface area contributed by atoms with Gasteiger partial charge in [-0.25, -0.2) is 5.01 Å². The van der Waals surface area contributed by atoms with E-state index in [1.807, 2.05) is 56.0 Å². The van der Waals surface area contributed by atoms with Crippen LogP contribution in [0.25, 0.3) is 0 Å². The number of nitrogens with zero attached hydrogens (tertiary/aromatic N) is 3. The van der Waals surface area contributed by atoms with Crippen molar-refractivity contribution in [2.75, 3.05) is 20.7 Å². The number of aliphatic imine (C=N–C) groups is 1. The minimum atomic E-state index is -0.333. The van der Waals surface area contributed by atoms with E-state index < -0.39 is 0 Å². The predicted octanol–water partition coefficient (Wildman–Crippen LogP) is 1.69. The van der Waals surface area contributed by atoms with Crippen molar-refractivity contribution in [1.82, 2.24) is 10.0 Å². The SMILES string of the molecule is CCN1C(C(=O)N=C(N)c2ccc(C)c(OC)c2)=CC(C)N1C. The van der Waals surface area contributed by atoms with Gasteiger partial charge in [0.25, 0.3) is 5.91 Å². The lowest BCUT2D eigenvalue weighted by Gasteiger charge is -2.29. The van der Waals surface area contributed by atoms with Gasteiger partial charge in [0.05, 0.1) is 7.11 Å². The first-order valence-electron chi connectivity index (χ1n) is 7.64. The highest BCUT2D eigenvalue weighted by molar-refractivity contribution is 6.08. The van der Waals surface area contributed by atoms with Crippen molar-refractivity contribution in [3.63, 3.8) is 0 Å². The second-order valence-electron chi connectivity index (χ2n) is 5.57. The fourth-order valence-corrected chi connectivity index (χ4v) is 2.60. The van der Waals surface area contributed by atoms with Crippen LogP contribution in [0.4, 0.5) is 0 Å². The molecule has 0 aliphatic carbocycles. The van der Waals surface area contributed by atoms with Gasteiger partial charge in [0.15, 0.2) is 0 Å². The van der Waals surface area contributed by atoms with Crippen LogP contribution in [0.15, 0.2) is 35.0 Å². The molecule has 1 aromatic rings. The van der Waals surface area contributed by atoms with Crippen LogP contribution in [-0.4, -0.2) is 48.5 Å². The molecular formula is C17H24N4O2. The van der Waals surface area contributed by atoms with Gasteiger partial charge in [0.2, 0.25) is 0 Å². The lowest BCUT2D eigenvalue weighted by atomic mass is 10.1. The van der Waals surface area contributed by atoms with Gasteiger partial charge in [-0.3, -0.25) is 4.79 Å². The highest BCUT2D eigenvalue weighted by Crippen LogP contribution is 2.22. The normalized spacial score (nSPS) is 19.0. The zero-order chi connectivity index (χ0) is 17.1. The fraction of sp³-hybridized carbons (Fsp3) is 0.412. The Morgan fingerprint density at radius 3 is 2.74 bits per heavy atom. The maximum Gasteiger partial charge on any atom is 0.296 e. The summed E-state index contributed by atoms with van der Waals surface area (Å²) in [4.78, 5) is 16.5. The number of hydrogen-bond donors (Lipinski definition) is 1. The average Bonchev–Trinajstić information content (AvgIpc) is 2.82. The lowest BCUT2D eigenvalue weighted by Crippen LogP contribution is -2.39. The van der Waals surface area contributed by atoms with Crippen molar-refractivity contribution in [1.29, 1.82) is 0 Å². The van der Waals surface area contributed by atoms with E-state index in [0.717, 1.165) is 11.3 Å². The molecule has 1 heterocycles. The molecule has 0 saturated heterocycles. The summed E-state index contributed by atoms with van der Waals surface area (Å²) in [5.41, 5.74) is 8.24. The Balaban J connectivity index is 2.27. The molecule has 0 fully saturated rings. The first-order chi connectivity index (χ1) is 10.9. The Morgan fingerprint density at radius 2 is 2.13 bits per heavy atom. The molecule has 0 bridgehead atoms. The summed E-state index contributed by atoms with van der Waals surface area (Å²) in [5, 5.41) is 3.91. The molecule has 0 spiro atoms. The third kappa shape index (κ3) is 3.37. The van der Waals surface area contributed by atoms with Crippen LogP contribution < -0.4 is 10.5 Å². The number of amidine groups is 1. The summed E-state index contributed by atoms with van der Waals surface area (Å²) >= 11 is 0. The van der Waals surface area contributed by atoms with Gasteiger partial charge >= 0.3 is 0 Å². The Hall–Kier alpha value is -2.34. The van der Waals surface area contributed by atoms with Crippen LogP contribution in [-0.2, 0) is 4.79 Å². The standard InChI is InChI=1S/C17H24N4O2/c1-6-21-14(9-12(3)20(21)4)17(22)19-16(18)13-8-7-11(2)15(10-13)23-5/h7-10,12H,6H2,1-5H3,(H2,18,19,22). The van der Waals surface area contributed by atoms with Crippen LogP contribution in [0.5, 0.6) is 5.75 Å². The topological polar surface area (TPSA) is 71.2 Å². The summed E-state index contributed by atoms with van der Waals surface area (Å²) in [6.45, 7) is 6.67. The maximum atomic E-state index is 12.5. The number of carbonyl (C=O) groups is 1. The molecule has 2 N–H and O–H groups in total. The van der Waals surface area contributed by atoms with Crippen molar-refractivity contribution < 1.29 is 9.53 Å². The van der Waals surface area contributed by atoms with E-state index in [9.17, 15) is 4.79 Å². The number of hydrogen-bond acceptors (Lipinski definition) is 4. The maximum absolute atomic E-state index is 12.5. The molecule has 0 radical (unpaired) electrons. The molecule has 6 heteroatoms. The van der Waals surface area contributed by atoms with Gasteiger partial charge in [-0.1, -0.05) is 12.1 Å². The highest BCUT2D eigenvalue weighted by Gasteiger charge is 2.29. The Kier molecular flexibility index (Phi) is 5.05. The number of hydrazine groups is 1. The molecular weight excluding hydrogens is 292 g/mol. The van der Waals surface area contributed by atoms with Crippen molar-refractivity contribution >= 4 is 11.7 Å². The molecule has 1 aliphatic rings. The first-order valence-corrected chi connectivity index (χ1v) is 7.64. The number of methoxy groups -OCH3 is 1. The van der Waals surface area contributed by atoms with Crippen molar-refractivity contribution in [2.24, 2.45) is 10.7 Å². The Morgan fingerprint density at radius 1 is 1.43 bits per heavy atom. The predicted molar refractivity (Wildman–Crippen MR) is 91.2 cm³/mol. The molecule has 6 nitrogen and oxygen atoms in total. The summed E-state index contributed by atoms with van der Waals surface area (Å²) < 4.78 is 5.28. The molecule has 124 valence electrons. The van der Waals surface area contributed by atoms with Gasteiger partial charge < -0.3 is 15.5 Å². The molecule has 1 amide bonds. The number of rotatable bonds is 4. The number of amides is 1. The largest absolute Gasteiger partial charge is 0.496 e. The number of nitrogens with two attached hydrogens (primary N) is 1. The van der Waals surface area contributed by atoms with E-state index in [2.05, 4.69) is 4.99 Å². The minimum absolute atomic E-state index is 0.157. The van der Waals surface area contributed by atoms with E-state index >= 15 is 0 Å². The average molecular weight is 316 g/mol. The van der Waals surface area contributed by atoms with Crippen LogP contribution in [0.1, 0.15) is 25.0 Å². The van der Waals surface area contributed by atoms with Gasteiger partial charge in [-0.2, -0.15) is 4.99 Å². The van der Waals surface area contributed by atoms with E-state index in [0.29, 0.717) is 17.8 Å². The second-order valence-corrected chi connectivity index (χ2v) is 5.57. The van der Waals surface area contributed by atoms with E-state index in [1.54, 1.807) is 13.2 Å². The minimum Gasteiger partial charge on any atom is -0.496 e. The number of carbonyl (C=O) groups excluding carboxylic acids is 1. The summed E-state index contributed by atoms with van der Waals surface area (Å²) in [6, 6.07) is 5.67. The summed E-state index contributed by atoms with van der Waals surface area (Å²) in [7, 11) is 3.55. The fourth-order valence-electron chi connectivity index (χ4n) is 2.60. The third-order valence-corrected chi connectivity index (χ3v) is 4.09. The van der Waals surface area contributed by atoms with Crippen molar-refractivity contribution in [3.05, 3.63) is 41.1 Å². The summed E-state index contributed by atoms with van der Waals surface area (Å²) in [5.74, 6) is 0.573. The molecule has 23 heavy (non-hydrogen) atoms. The number of benzene rings is 1. The Bertz CT molecular complexity index is 667. The lowest BCUT2D eigenvalue weighted by molar-refractivity contribution is -0.117. The number of aryl methyl sites for hydroxylation is 1. The molecule has 1 atom stereocenters. The molecule has 0 saturated carbocycles. The monoisotopic (exact) mass is 316 g/mol. The van der Waals surface area contributed by atoms with Crippen LogP contribution in [0, 0.1) is 6.92 Å². The molecule has 1 aromatic carbocycles. The molecule has 1 aliphatic heterocycles. The number of ether oxygens (including phenoxy) is 1. The van der Waals surface area contributed by atoms with Crippen molar-refractivity contribution in [2.45, 2.75) is 26.8 Å². The van der Waals surface area contributed by atoms with Gasteiger partial charge in [-0.15, -0.1) is 0 Å². The van der Waals surface area contributed by atoms with Gasteiger partial charge in [-0.05, 0) is 38.5 Å². The smallest absolute Gasteiger partial charge is 0.296 e. The summed E-state index contributed by atoms with van der Waals surface area (Å²) in [6.07, 6.45) is 1.90. The van der Waals surface area contributed by atoms with E-state index in [-0.39, 0.29) is 17.8 Å². The molecule has 1 unspecified atom stereocenters. The van der Waals surface area contributed by atoms with E-state index in [1.165, 1.54) is 0 Å². The van der Waals surface area contributed by atoms with Crippen LogP contribution in [0.3, 0.4) is 0 Å². The van der Waals surface area contributed by atoms with E-state index in [4.69, 9.17) is 10.5 Å². The van der Waals surface area contributed by atoms with Crippen LogP contribution >= 0.6 is 0 Å². The van der Waals surface area contributed by atoms with Crippen LogP contribution in [0.2, 0.25) is 0 Å². The van der Waals surface area contributed by atoms with Gasteiger partial charge in [0.1, 0.15) is 17.3 Å². The molecule has 0 aromatic heterocycles. The Labute approximate surface area is 137 Å². The van der Waals surface area contributed by atoms with Crippen molar-refractivity contribution in [3.8, 4) is 5.75 Å². The zero-order valence-corrected chi connectivity index (χ0v) is 14.3. The molecule has 2 rings (SSSR count). The number of likely N-dealkylation sites (N-methyl/N-ethyl adjacent to an activating group) is 2. The third-order valence-electron chi connectivity index (χ3n) is 4.09. The van der Waals surface area contributed by atoms with Gasteiger partial charge in [0, 0.05) is 25.2 Å². The second kappa shape index (κ2) is 6.83. The quantitative estimate of drug-likeness (QED) is 0.676. The zero-order valence-electron chi connectivity index (χ0n) is 14.3. The highest BCUT2D eigenvalue weighted by atomic mass is 16.5.